The average Bonchev–Trinajstić information content (AvgIpc) is 2.38. The van der Waals surface area contributed by atoms with Gasteiger partial charge in [-0.3, -0.25) is 4.99 Å². The van der Waals surface area contributed by atoms with E-state index < -0.39 is 0 Å². The smallest absolute Gasteiger partial charge is 0.218 e. The molecule has 0 saturated heterocycles. The van der Waals surface area contributed by atoms with Crippen molar-refractivity contribution >= 4 is 29.9 Å². The van der Waals surface area contributed by atoms with Crippen LogP contribution in [0.5, 0.6) is 5.88 Å². The zero-order valence-corrected chi connectivity index (χ0v) is 13.4. The minimum Gasteiger partial charge on any atom is -0.477 e. The standard InChI is InChI=1S/C12H20N4O.HI/c1-4-8-17-11-10(6-5-7-15-11)9-16-12(13-2)14-3;/h5-7H,4,8-9H2,1-3H3,(H2,13,14,16);1H. The van der Waals surface area contributed by atoms with Gasteiger partial charge in [-0.05, 0) is 12.5 Å². The molecule has 1 aromatic heterocycles. The first-order chi connectivity index (χ1) is 8.31. The van der Waals surface area contributed by atoms with Crippen LogP contribution >= 0.6 is 24.0 Å². The summed E-state index contributed by atoms with van der Waals surface area (Å²) in [5.41, 5.74) is 1.03. The minimum absolute atomic E-state index is 0. The summed E-state index contributed by atoms with van der Waals surface area (Å²) in [7, 11) is 3.56. The van der Waals surface area contributed by atoms with Gasteiger partial charge < -0.3 is 15.4 Å². The number of aromatic nitrogens is 1. The van der Waals surface area contributed by atoms with Gasteiger partial charge in [0.15, 0.2) is 5.96 Å². The van der Waals surface area contributed by atoms with Crippen molar-refractivity contribution in [1.29, 1.82) is 0 Å². The molecule has 0 unspecified atom stereocenters. The maximum Gasteiger partial charge on any atom is 0.218 e. The highest BCUT2D eigenvalue weighted by atomic mass is 127. The summed E-state index contributed by atoms with van der Waals surface area (Å²) >= 11 is 0. The van der Waals surface area contributed by atoms with Crippen molar-refractivity contribution in [3.05, 3.63) is 23.9 Å². The number of ether oxygens (including phenoxy) is 1. The van der Waals surface area contributed by atoms with E-state index >= 15 is 0 Å². The van der Waals surface area contributed by atoms with Crippen LogP contribution in [0.2, 0.25) is 0 Å². The second kappa shape index (κ2) is 9.93. The van der Waals surface area contributed by atoms with Crippen molar-refractivity contribution in [2.75, 3.05) is 20.7 Å². The first kappa shape index (κ1) is 16.9. The van der Waals surface area contributed by atoms with E-state index in [2.05, 4.69) is 27.5 Å². The molecule has 0 aromatic carbocycles. The number of halogens is 1. The lowest BCUT2D eigenvalue weighted by atomic mass is 10.2. The van der Waals surface area contributed by atoms with Crippen molar-refractivity contribution in [2.24, 2.45) is 4.99 Å². The minimum atomic E-state index is 0. The van der Waals surface area contributed by atoms with Gasteiger partial charge in [-0.25, -0.2) is 4.98 Å². The number of guanidine groups is 1. The predicted octanol–water partition coefficient (Wildman–Crippen LogP) is 1.78. The lowest BCUT2D eigenvalue weighted by Crippen LogP contribution is -2.34. The van der Waals surface area contributed by atoms with E-state index in [9.17, 15) is 0 Å². The maximum absolute atomic E-state index is 5.57. The van der Waals surface area contributed by atoms with E-state index in [0.29, 0.717) is 19.0 Å². The van der Waals surface area contributed by atoms with E-state index in [0.717, 1.165) is 17.9 Å². The first-order valence-corrected chi connectivity index (χ1v) is 5.76. The van der Waals surface area contributed by atoms with Gasteiger partial charge >= 0.3 is 0 Å². The van der Waals surface area contributed by atoms with E-state index in [4.69, 9.17) is 4.74 Å². The highest BCUT2D eigenvalue weighted by molar-refractivity contribution is 14.0. The second-order valence-electron chi connectivity index (χ2n) is 3.49. The predicted molar refractivity (Wildman–Crippen MR) is 84.7 cm³/mol. The summed E-state index contributed by atoms with van der Waals surface area (Å²) in [5, 5.41) is 6.13. The highest BCUT2D eigenvalue weighted by Gasteiger charge is 2.04. The molecule has 0 bridgehead atoms. The van der Waals surface area contributed by atoms with Crippen molar-refractivity contribution < 1.29 is 4.74 Å². The molecule has 0 radical (unpaired) electrons. The van der Waals surface area contributed by atoms with Crippen molar-refractivity contribution in [1.82, 2.24) is 15.6 Å². The van der Waals surface area contributed by atoms with Crippen LogP contribution in [0.25, 0.3) is 0 Å². The van der Waals surface area contributed by atoms with Crippen LogP contribution in [0, 0.1) is 0 Å². The summed E-state index contributed by atoms with van der Waals surface area (Å²) in [6.45, 7) is 3.40. The van der Waals surface area contributed by atoms with Crippen LogP contribution in [-0.2, 0) is 6.54 Å². The molecule has 0 atom stereocenters. The normalized spacial score (nSPS) is 10.5. The van der Waals surface area contributed by atoms with Crippen LogP contribution in [-0.4, -0.2) is 31.6 Å². The van der Waals surface area contributed by atoms with Gasteiger partial charge in [0, 0.05) is 32.4 Å². The summed E-state index contributed by atoms with van der Waals surface area (Å²) in [6.07, 6.45) is 2.71. The Hall–Kier alpha value is -1.05. The molecule has 0 aliphatic heterocycles. The number of pyridine rings is 1. The molecular formula is C12H21IN4O. The Morgan fingerprint density at radius 1 is 1.50 bits per heavy atom. The van der Waals surface area contributed by atoms with Gasteiger partial charge in [0.1, 0.15) is 0 Å². The summed E-state index contributed by atoms with van der Waals surface area (Å²) in [4.78, 5) is 8.27. The SMILES string of the molecule is CCCOc1ncccc1CNC(=NC)NC.I. The molecule has 0 spiro atoms. The van der Waals surface area contributed by atoms with E-state index in [-0.39, 0.29) is 24.0 Å². The van der Waals surface area contributed by atoms with Gasteiger partial charge in [-0.2, -0.15) is 0 Å². The number of nitrogens with zero attached hydrogens (tertiary/aromatic N) is 2. The van der Waals surface area contributed by atoms with Crippen LogP contribution in [0.15, 0.2) is 23.3 Å². The summed E-state index contributed by atoms with van der Waals surface area (Å²) in [6, 6.07) is 3.89. The van der Waals surface area contributed by atoms with Gasteiger partial charge in [-0.15, -0.1) is 24.0 Å². The molecule has 1 rings (SSSR count). The lowest BCUT2D eigenvalue weighted by Gasteiger charge is -2.11. The fraction of sp³-hybridized carbons (Fsp3) is 0.500. The maximum atomic E-state index is 5.57. The Morgan fingerprint density at radius 3 is 2.89 bits per heavy atom. The van der Waals surface area contributed by atoms with E-state index in [1.807, 2.05) is 19.2 Å². The third-order valence-electron chi connectivity index (χ3n) is 2.20. The molecule has 6 heteroatoms. The van der Waals surface area contributed by atoms with Gasteiger partial charge in [-0.1, -0.05) is 13.0 Å². The molecule has 0 amide bonds. The fourth-order valence-electron chi connectivity index (χ4n) is 1.35. The van der Waals surface area contributed by atoms with E-state index in [1.54, 1.807) is 13.2 Å². The largest absolute Gasteiger partial charge is 0.477 e. The molecule has 5 nitrogen and oxygen atoms in total. The number of hydrogen-bond donors (Lipinski definition) is 2. The van der Waals surface area contributed by atoms with Crippen molar-refractivity contribution in [3.63, 3.8) is 0 Å². The molecular weight excluding hydrogens is 343 g/mol. The van der Waals surface area contributed by atoms with E-state index in [1.165, 1.54) is 0 Å². The van der Waals surface area contributed by atoms with Crippen molar-refractivity contribution in [2.45, 2.75) is 19.9 Å². The van der Waals surface area contributed by atoms with Crippen LogP contribution in [0.3, 0.4) is 0 Å². The van der Waals surface area contributed by atoms with Gasteiger partial charge in [0.25, 0.3) is 0 Å². The Labute approximate surface area is 125 Å². The molecule has 0 saturated carbocycles. The number of hydrogen-bond acceptors (Lipinski definition) is 3. The topological polar surface area (TPSA) is 58.5 Å². The molecule has 1 heterocycles. The molecule has 1 aromatic rings. The summed E-state index contributed by atoms with van der Waals surface area (Å²) in [5.74, 6) is 1.43. The monoisotopic (exact) mass is 364 g/mol. The Balaban J connectivity index is 0.00000289. The molecule has 0 fully saturated rings. The molecule has 0 aliphatic rings. The quantitative estimate of drug-likeness (QED) is 0.475. The Morgan fingerprint density at radius 2 is 2.28 bits per heavy atom. The molecule has 0 aliphatic carbocycles. The van der Waals surface area contributed by atoms with Gasteiger partial charge in [0.2, 0.25) is 5.88 Å². The zero-order valence-electron chi connectivity index (χ0n) is 11.1. The lowest BCUT2D eigenvalue weighted by molar-refractivity contribution is 0.301. The fourth-order valence-corrected chi connectivity index (χ4v) is 1.35. The first-order valence-electron chi connectivity index (χ1n) is 5.76. The molecule has 18 heavy (non-hydrogen) atoms. The highest BCUT2D eigenvalue weighted by Crippen LogP contribution is 2.13. The summed E-state index contributed by atoms with van der Waals surface area (Å²) < 4.78 is 5.57. The third-order valence-corrected chi connectivity index (χ3v) is 2.20. The molecule has 2 N–H and O–H groups in total. The van der Waals surface area contributed by atoms with Gasteiger partial charge in [0.05, 0.1) is 6.61 Å². The second-order valence-corrected chi connectivity index (χ2v) is 3.49. The number of nitrogens with one attached hydrogen (secondary N) is 2. The Bertz CT molecular complexity index is 371. The van der Waals surface area contributed by atoms with Crippen molar-refractivity contribution in [3.8, 4) is 5.88 Å². The van der Waals surface area contributed by atoms with Crippen LogP contribution in [0.1, 0.15) is 18.9 Å². The average molecular weight is 364 g/mol. The molecule has 102 valence electrons. The Kier molecular flexibility index (Phi) is 9.35. The third kappa shape index (κ3) is 5.52. The van der Waals surface area contributed by atoms with Crippen LogP contribution in [0.4, 0.5) is 0 Å². The van der Waals surface area contributed by atoms with Crippen LogP contribution < -0.4 is 15.4 Å². The number of rotatable bonds is 5. The zero-order chi connectivity index (χ0) is 12.5. The number of aliphatic imine (C=N–C) groups is 1.